The molecule has 2 N–H and O–H groups in total. The number of carboxylic acids is 1. The molecule has 0 aromatic rings. The maximum Gasteiger partial charge on any atom is 0.324 e. The summed E-state index contributed by atoms with van der Waals surface area (Å²) in [5.74, 6) is 0.511. The number of hydrogen-bond acceptors (Lipinski definition) is 3. The first-order valence-corrected chi connectivity index (χ1v) is 8.27. The van der Waals surface area contributed by atoms with E-state index >= 15 is 0 Å². The predicted octanol–water partition coefficient (Wildman–Crippen LogP) is 2.34. The van der Waals surface area contributed by atoms with Crippen molar-refractivity contribution in [1.29, 1.82) is 0 Å². The fourth-order valence-electron chi connectivity index (χ4n) is 3.94. The molecule has 0 aromatic heterocycles. The predicted molar refractivity (Wildman–Crippen MR) is 80.8 cm³/mol. The average Bonchev–Trinajstić information content (AvgIpc) is 2.81. The summed E-state index contributed by atoms with van der Waals surface area (Å²) < 4.78 is 0. The number of rotatable bonds is 8. The van der Waals surface area contributed by atoms with E-state index in [1.54, 1.807) is 7.05 Å². The summed E-state index contributed by atoms with van der Waals surface area (Å²) in [4.78, 5) is 14.2. The third-order valence-corrected chi connectivity index (χ3v) is 5.63. The van der Waals surface area contributed by atoms with Crippen molar-refractivity contribution in [3.8, 4) is 0 Å². The van der Waals surface area contributed by atoms with Crippen LogP contribution in [0, 0.1) is 11.8 Å². The quantitative estimate of drug-likeness (QED) is 0.717. The van der Waals surface area contributed by atoms with Gasteiger partial charge in [-0.15, -0.1) is 0 Å². The number of aliphatic carboxylic acids is 1. The van der Waals surface area contributed by atoms with E-state index in [0.717, 1.165) is 44.7 Å². The zero-order valence-electron chi connectivity index (χ0n) is 13.0. The van der Waals surface area contributed by atoms with Gasteiger partial charge in [-0.2, -0.15) is 0 Å². The lowest BCUT2D eigenvalue weighted by atomic mass is 9.83. The first-order valence-electron chi connectivity index (χ1n) is 8.27. The molecule has 4 nitrogen and oxygen atoms in total. The lowest BCUT2D eigenvalue weighted by molar-refractivity contribution is -0.146. The first kappa shape index (κ1) is 15.8. The second kappa shape index (κ2) is 6.90. The highest BCUT2D eigenvalue weighted by molar-refractivity contribution is 5.79. The number of carboxylic acid groups (broad SMARTS) is 1. The highest BCUT2D eigenvalue weighted by Crippen LogP contribution is 2.38. The lowest BCUT2D eigenvalue weighted by Crippen LogP contribution is -2.53. The average molecular weight is 282 g/mol. The minimum Gasteiger partial charge on any atom is -0.480 e. The summed E-state index contributed by atoms with van der Waals surface area (Å²) >= 11 is 0. The molecule has 0 spiro atoms. The summed E-state index contributed by atoms with van der Waals surface area (Å²) in [5.41, 5.74) is -0.671. The molecule has 2 unspecified atom stereocenters. The van der Waals surface area contributed by atoms with E-state index in [1.165, 1.54) is 25.8 Å². The Hall–Kier alpha value is -0.610. The third-order valence-electron chi connectivity index (χ3n) is 5.63. The Bertz CT molecular complexity index is 330. The zero-order valence-corrected chi connectivity index (χ0v) is 13.0. The molecule has 0 bridgehead atoms. The molecule has 2 atom stereocenters. The Balaban J connectivity index is 1.85. The molecule has 116 valence electrons. The molecular weight excluding hydrogens is 252 g/mol. The van der Waals surface area contributed by atoms with Gasteiger partial charge in [-0.1, -0.05) is 19.8 Å². The van der Waals surface area contributed by atoms with Crippen molar-refractivity contribution in [1.82, 2.24) is 10.2 Å². The van der Waals surface area contributed by atoms with E-state index in [-0.39, 0.29) is 5.92 Å². The van der Waals surface area contributed by atoms with E-state index in [1.807, 2.05) is 0 Å². The summed E-state index contributed by atoms with van der Waals surface area (Å²) in [6, 6.07) is 0. The van der Waals surface area contributed by atoms with Crippen LogP contribution in [0.25, 0.3) is 0 Å². The van der Waals surface area contributed by atoms with Gasteiger partial charge in [0.05, 0.1) is 0 Å². The molecule has 0 aliphatic heterocycles. The largest absolute Gasteiger partial charge is 0.480 e. The molecule has 0 radical (unpaired) electrons. The van der Waals surface area contributed by atoms with Crippen LogP contribution in [-0.2, 0) is 4.79 Å². The Morgan fingerprint density at radius 2 is 2.10 bits per heavy atom. The molecule has 4 heteroatoms. The second-order valence-corrected chi connectivity index (χ2v) is 6.59. The van der Waals surface area contributed by atoms with Crippen molar-refractivity contribution in [2.45, 2.75) is 57.4 Å². The van der Waals surface area contributed by atoms with Crippen LogP contribution in [0.5, 0.6) is 0 Å². The summed E-state index contributed by atoms with van der Waals surface area (Å²) in [5, 5.41) is 12.7. The molecule has 2 aliphatic rings. The normalized spacial score (nSPS) is 30.6. The Kier molecular flexibility index (Phi) is 5.44. The number of hydrogen-bond donors (Lipinski definition) is 2. The lowest BCUT2D eigenvalue weighted by Gasteiger charge is -2.35. The standard InChI is InChI=1S/C16H30N2O2/c1-3-18(12-13-6-4-7-13)11-9-14-8-5-10-16(14,17-2)15(19)20/h13-14,17H,3-12H2,1-2H3,(H,19,20). The van der Waals surface area contributed by atoms with Gasteiger partial charge in [-0.05, 0) is 64.1 Å². The first-order chi connectivity index (χ1) is 9.62. The molecule has 0 aromatic carbocycles. The van der Waals surface area contributed by atoms with E-state index < -0.39 is 11.5 Å². The number of carbonyl (C=O) groups is 1. The topological polar surface area (TPSA) is 52.6 Å². The van der Waals surface area contributed by atoms with Crippen LogP contribution >= 0.6 is 0 Å². The fraction of sp³-hybridized carbons (Fsp3) is 0.938. The third kappa shape index (κ3) is 3.17. The van der Waals surface area contributed by atoms with Gasteiger partial charge in [-0.3, -0.25) is 4.79 Å². The smallest absolute Gasteiger partial charge is 0.324 e. The van der Waals surface area contributed by atoms with E-state index in [4.69, 9.17) is 0 Å². The minimum atomic E-state index is -0.671. The number of likely N-dealkylation sites (N-methyl/N-ethyl adjacent to an activating group) is 1. The van der Waals surface area contributed by atoms with Crippen LogP contribution in [0.3, 0.4) is 0 Å². The van der Waals surface area contributed by atoms with Gasteiger partial charge in [0.1, 0.15) is 5.54 Å². The van der Waals surface area contributed by atoms with Gasteiger partial charge >= 0.3 is 5.97 Å². The van der Waals surface area contributed by atoms with Gasteiger partial charge in [0.15, 0.2) is 0 Å². The molecule has 2 fully saturated rings. The van der Waals surface area contributed by atoms with Crippen molar-refractivity contribution < 1.29 is 9.90 Å². The summed E-state index contributed by atoms with van der Waals surface area (Å²) in [7, 11) is 1.80. The SMILES string of the molecule is CCN(CCC1CCCC1(NC)C(=O)O)CC1CCC1. The van der Waals surface area contributed by atoms with Crippen molar-refractivity contribution >= 4 is 5.97 Å². The summed E-state index contributed by atoms with van der Waals surface area (Å²) in [6.07, 6.45) is 8.03. The maximum atomic E-state index is 11.6. The van der Waals surface area contributed by atoms with Gasteiger partial charge in [0.25, 0.3) is 0 Å². The highest BCUT2D eigenvalue weighted by atomic mass is 16.4. The Labute approximate surface area is 122 Å². The summed E-state index contributed by atoms with van der Waals surface area (Å²) in [6.45, 7) is 5.57. The van der Waals surface area contributed by atoms with Crippen molar-refractivity contribution in [2.75, 3.05) is 26.7 Å². The van der Waals surface area contributed by atoms with Crippen molar-refractivity contribution in [3.05, 3.63) is 0 Å². The maximum absolute atomic E-state index is 11.6. The molecule has 0 amide bonds. The van der Waals surface area contributed by atoms with E-state index in [2.05, 4.69) is 17.1 Å². The molecule has 2 rings (SSSR count). The molecule has 2 aliphatic carbocycles. The minimum absolute atomic E-state index is 0.278. The van der Waals surface area contributed by atoms with Crippen LogP contribution in [-0.4, -0.2) is 48.2 Å². The Morgan fingerprint density at radius 3 is 2.60 bits per heavy atom. The Morgan fingerprint density at radius 1 is 1.35 bits per heavy atom. The van der Waals surface area contributed by atoms with Gasteiger partial charge in [-0.25, -0.2) is 0 Å². The monoisotopic (exact) mass is 282 g/mol. The van der Waals surface area contributed by atoms with E-state index in [9.17, 15) is 9.90 Å². The number of nitrogens with one attached hydrogen (secondary N) is 1. The van der Waals surface area contributed by atoms with Crippen LogP contribution in [0.4, 0.5) is 0 Å². The zero-order chi connectivity index (χ0) is 14.6. The van der Waals surface area contributed by atoms with E-state index in [0.29, 0.717) is 0 Å². The van der Waals surface area contributed by atoms with Gasteiger partial charge in [0, 0.05) is 6.54 Å². The van der Waals surface area contributed by atoms with Crippen LogP contribution in [0.15, 0.2) is 0 Å². The highest BCUT2D eigenvalue weighted by Gasteiger charge is 2.47. The fourth-order valence-corrected chi connectivity index (χ4v) is 3.94. The van der Waals surface area contributed by atoms with Gasteiger partial charge in [0.2, 0.25) is 0 Å². The molecule has 20 heavy (non-hydrogen) atoms. The van der Waals surface area contributed by atoms with Crippen molar-refractivity contribution in [2.24, 2.45) is 11.8 Å². The molecule has 0 saturated heterocycles. The number of nitrogens with zero attached hydrogens (tertiary/aromatic N) is 1. The second-order valence-electron chi connectivity index (χ2n) is 6.59. The van der Waals surface area contributed by atoms with Gasteiger partial charge < -0.3 is 15.3 Å². The molecule has 2 saturated carbocycles. The molecule has 0 heterocycles. The van der Waals surface area contributed by atoms with Crippen LogP contribution < -0.4 is 5.32 Å². The van der Waals surface area contributed by atoms with Crippen LogP contribution in [0.1, 0.15) is 51.9 Å². The molecular formula is C16H30N2O2. The van der Waals surface area contributed by atoms with Crippen LogP contribution in [0.2, 0.25) is 0 Å². The van der Waals surface area contributed by atoms with Crippen molar-refractivity contribution in [3.63, 3.8) is 0 Å².